The molecule has 1 aromatic rings. The Morgan fingerprint density at radius 2 is 2.05 bits per heavy atom. The maximum atomic E-state index is 3.86. The highest BCUT2D eigenvalue weighted by molar-refractivity contribution is 7.98. The van der Waals surface area contributed by atoms with Crippen molar-refractivity contribution in [3.63, 3.8) is 0 Å². The average molecular weight is 305 g/mol. The largest absolute Gasteiger partial charge is 0.305 e. The highest BCUT2D eigenvalue weighted by Crippen LogP contribution is 2.38. The van der Waals surface area contributed by atoms with E-state index in [0.29, 0.717) is 0 Å². The molecule has 0 radical (unpaired) electrons. The molecule has 1 saturated heterocycles. The van der Waals surface area contributed by atoms with Gasteiger partial charge in [-0.1, -0.05) is 30.3 Å². The van der Waals surface area contributed by atoms with E-state index in [2.05, 4.69) is 53.7 Å². The fourth-order valence-corrected chi connectivity index (χ4v) is 4.06. The molecule has 1 heterocycles. The van der Waals surface area contributed by atoms with Crippen LogP contribution in [0.4, 0.5) is 0 Å². The minimum atomic E-state index is 0.103. The van der Waals surface area contributed by atoms with Crippen molar-refractivity contribution in [3.05, 3.63) is 35.9 Å². The lowest BCUT2D eigenvalue weighted by molar-refractivity contribution is 0.0740. The molecule has 2 aliphatic rings. The molecule has 1 aliphatic heterocycles. The third-order valence-electron chi connectivity index (χ3n) is 5.06. The van der Waals surface area contributed by atoms with E-state index in [4.69, 9.17) is 0 Å². The predicted octanol–water partition coefficient (Wildman–Crippen LogP) is 3.34. The number of nitrogens with zero attached hydrogens (tertiary/aromatic N) is 1. The number of hydrogen-bond donors (Lipinski definition) is 1. The van der Waals surface area contributed by atoms with E-state index in [1.54, 1.807) is 0 Å². The van der Waals surface area contributed by atoms with Crippen molar-refractivity contribution >= 4 is 11.8 Å². The molecular weight excluding hydrogens is 276 g/mol. The molecule has 1 aliphatic carbocycles. The predicted molar refractivity (Wildman–Crippen MR) is 92.9 cm³/mol. The molecule has 2 atom stereocenters. The van der Waals surface area contributed by atoms with Crippen molar-refractivity contribution in [3.8, 4) is 0 Å². The molecule has 1 aromatic carbocycles. The first-order valence-electron chi connectivity index (χ1n) is 8.26. The van der Waals surface area contributed by atoms with E-state index < -0.39 is 0 Å². The minimum Gasteiger partial charge on any atom is -0.305 e. The van der Waals surface area contributed by atoms with Crippen molar-refractivity contribution in [1.29, 1.82) is 0 Å². The van der Waals surface area contributed by atoms with E-state index in [1.165, 1.54) is 37.1 Å². The second-order valence-electron chi connectivity index (χ2n) is 6.80. The minimum absolute atomic E-state index is 0.103. The van der Waals surface area contributed by atoms with Gasteiger partial charge in [-0.2, -0.15) is 11.8 Å². The molecule has 2 fully saturated rings. The highest BCUT2D eigenvalue weighted by atomic mass is 32.2. The standard InChI is InChI=1S/C18H28N2S/c1-18(16-7-4-3-5-8-16)14-20(11-6-12-21-2)17(13-19-18)15-9-10-15/h3-5,7-8,15,17,19H,6,9-14H2,1-2H3. The first-order chi connectivity index (χ1) is 10.2. The van der Waals surface area contributed by atoms with Crippen LogP contribution in [-0.4, -0.2) is 42.6 Å². The third-order valence-corrected chi connectivity index (χ3v) is 5.76. The van der Waals surface area contributed by atoms with Gasteiger partial charge in [0.1, 0.15) is 0 Å². The number of piperazine rings is 1. The number of benzene rings is 1. The molecule has 0 amide bonds. The maximum Gasteiger partial charge on any atom is 0.0535 e. The van der Waals surface area contributed by atoms with E-state index in [0.717, 1.165) is 25.0 Å². The summed E-state index contributed by atoms with van der Waals surface area (Å²) in [6.45, 7) is 5.92. The molecule has 21 heavy (non-hydrogen) atoms. The normalized spacial score (nSPS) is 30.5. The van der Waals surface area contributed by atoms with E-state index in [-0.39, 0.29) is 5.54 Å². The van der Waals surface area contributed by atoms with Gasteiger partial charge in [-0.15, -0.1) is 0 Å². The van der Waals surface area contributed by atoms with Gasteiger partial charge in [0.15, 0.2) is 0 Å². The summed E-state index contributed by atoms with van der Waals surface area (Å²) < 4.78 is 0. The maximum absolute atomic E-state index is 3.86. The van der Waals surface area contributed by atoms with Crippen molar-refractivity contribution in [2.75, 3.05) is 31.6 Å². The van der Waals surface area contributed by atoms with Gasteiger partial charge in [0.05, 0.1) is 5.54 Å². The summed E-state index contributed by atoms with van der Waals surface area (Å²) in [5, 5.41) is 3.86. The molecule has 116 valence electrons. The van der Waals surface area contributed by atoms with Crippen LogP contribution in [0.3, 0.4) is 0 Å². The second-order valence-corrected chi connectivity index (χ2v) is 7.79. The van der Waals surface area contributed by atoms with Crippen LogP contribution in [0.15, 0.2) is 30.3 Å². The van der Waals surface area contributed by atoms with Crippen molar-refractivity contribution in [2.45, 2.75) is 37.8 Å². The van der Waals surface area contributed by atoms with Crippen LogP contribution in [0, 0.1) is 5.92 Å². The third kappa shape index (κ3) is 3.64. The van der Waals surface area contributed by atoms with Crippen LogP contribution < -0.4 is 5.32 Å². The molecule has 0 spiro atoms. The van der Waals surface area contributed by atoms with E-state index in [9.17, 15) is 0 Å². The van der Waals surface area contributed by atoms with Crippen molar-refractivity contribution < 1.29 is 0 Å². The monoisotopic (exact) mass is 304 g/mol. The molecule has 1 saturated carbocycles. The zero-order valence-corrected chi connectivity index (χ0v) is 14.2. The molecule has 0 aromatic heterocycles. The molecule has 1 N–H and O–H groups in total. The van der Waals surface area contributed by atoms with Gasteiger partial charge < -0.3 is 5.32 Å². The molecule has 3 rings (SSSR count). The summed E-state index contributed by atoms with van der Waals surface area (Å²) in [7, 11) is 0. The van der Waals surface area contributed by atoms with Gasteiger partial charge in [-0.05, 0) is 56.2 Å². The Hall–Kier alpha value is -0.510. The Bertz CT molecular complexity index is 446. The van der Waals surface area contributed by atoms with Crippen LogP contribution in [0.1, 0.15) is 31.7 Å². The number of hydrogen-bond acceptors (Lipinski definition) is 3. The van der Waals surface area contributed by atoms with Gasteiger partial charge in [0, 0.05) is 19.1 Å². The molecule has 2 nitrogen and oxygen atoms in total. The van der Waals surface area contributed by atoms with Crippen LogP contribution >= 0.6 is 11.8 Å². The lowest BCUT2D eigenvalue weighted by Crippen LogP contribution is -2.61. The summed E-state index contributed by atoms with van der Waals surface area (Å²) in [5.41, 5.74) is 1.53. The van der Waals surface area contributed by atoms with Crippen molar-refractivity contribution in [1.82, 2.24) is 10.2 Å². The lowest BCUT2D eigenvalue weighted by atomic mass is 9.87. The van der Waals surface area contributed by atoms with Crippen LogP contribution in [-0.2, 0) is 5.54 Å². The molecule has 2 unspecified atom stereocenters. The summed E-state index contributed by atoms with van der Waals surface area (Å²) in [5.74, 6) is 2.23. The zero-order valence-electron chi connectivity index (χ0n) is 13.3. The Kier molecular flexibility index (Phi) is 4.92. The summed E-state index contributed by atoms with van der Waals surface area (Å²) in [6.07, 6.45) is 6.40. The van der Waals surface area contributed by atoms with Crippen LogP contribution in [0.2, 0.25) is 0 Å². The first-order valence-corrected chi connectivity index (χ1v) is 9.66. The summed E-state index contributed by atoms with van der Waals surface area (Å²) in [6, 6.07) is 11.7. The summed E-state index contributed by atoms with van der Waals surface area (Å²) >= 11 is 1.97. The van der Waals surface area contributed by atoms with Gasteiger partial charge in [-0.25, -0.2) is 0 Å². The smallest absolute Gasteiger partial charge is 0.0535 e. The highest BCUT2D eigenvalue weighted by Gasteiger charge is 2.42. The lowest BCUT2D eigenvalue weighted by Gasteiger charge is -2.47. The topological polar surface area (TPSA) is 15.3 Å². The Labute approximate surface area is 133 Å². The molecule has 0 bridgehead atoms. The average Bonchev–Trinajstić information content (AvgIpc) is 3.33. The van der Waals surface area contributed by atoms with Gasteiger partial charge in [0.25, 0.3) is 0 Å². The fourth-order valence-electron chi connectivity index (χ4n) is 3.64. The van der Waals surface area contributed by atoms with Crippen molar-refractivity contribution in [2.24, 2.45) is 5.92 Å². The Balaban J connectivity index is 1.71. The number of rotatable bonds is 6. The van der Waals surface area contributed by atoms with Crippen LogP contribution in [0.5, 0.6) is 0 Å². The quantitative estimate of drug-likeness (QED) is 0.812. The van der Waals surface area contributed by atoms with E-state index >= 15 is 0 Å². The number of nitrogens with one attached hydrogen (secondary N) is 1. The molecule has 3 heteroatoms. The molecular formula is C18H28N2S. The van der Waals surface area contributed by atoms with Gasteiger partial charge >= 0.3 is 0 Å². The van der Waals surface area contributed by atoms with Crippen LogP contribution in [0.25, 0.3) is 0 Å². The Morgan fingerprint density at radius 3 is 2.71 bits per heavy atom. The first kappa shape index (κ1) is 15.4. The Morgan fingerprint density at radius 1 is 1.29 bits per heavy atom. The fraction of sp³-hybridized carbons (Fsp3) is 0.667. The summed E-state index contributed by atoms with van der Waals surface area (Å²) in [4.78, 5) is 2.78. The number of thioether (sulfide) groups is 1. The van der Waals surface area contributed by atoms with Gasteiger partial charge in [-0.3, -0.25) is 4.90 Å². The second kappa shape index (κ2) is 6.72. The van der Waals surface area contributed by atoms with E-state index in [1.807, 2.05) is 11.8 Å². The SMILES string of the molecule is CSCCCN1CC(C)(c2ccccc2)NCC1C1CC1. The van der Waals surface area contributed by atoms with Gasteiger partial charge in [0.2, 0.25) is 0 Å². The zero-order chi connectivity index (χ0) is 14.7.